The van der Waals surface area contributed by atoms with E-state index in [1.807, 2.05) is 84.9 Å². The topological polar surface area (TPSA) is 106 Å². The van der Waals surface area contributed by atoms with E-state index in [2.05, 4.69) is 19.9 Å². The Labute approximate surface area is 325 Å². The van der Waals surface area contributed by atoms with Crippen molar-refractivity contribution in [2.75, 3.05) is 27.4 Å². The van der Waals surface area contributed by atoms with Gasteiger partial charge in [-0.15, -0.1) is 0 Å². The van der Waals surface area contributed by atoms with Crippen molar-refractivity contribution in [2.24, 2.45) is 5.41 Å². The van der Waals surface area contributed by atoms with Crippen molar-refractivity contribution in [3.05, 3.63) is 130 Å². The third kappa shape index (κ3) is 8.66. The van der Waals surface area contributed by atoms with Gasteiger partial charge >= 0.3 is 6.09 Å². The Morgan fingerprint density at radius 2 is 1.64 bits per heavy atom. The first-order chi connectivity index (χ1) is 26.5. The van der Waals surface area contributed by atoms with Crippen molar-refractivity contribution in [3.63, 3.8) is 0 Å². The summed E-state index contributed by atoms with van der Waals surface area (Å²) in [7, 11) is 3.17. The number of allylic oxidation sites excluding steroid dienone is 2. The van der Waals surface area contributed by atoms with Gasteiger partial charge in [0.25, 0.3) is 0 Å². The van der Waals surface area contributed by atoms with Gasteiger partial charge in [-0.1, -0.05) is 85.3 Å². The summed E-state index contributed by atoms with van der Waals surface area (Å²) < 4.78 is 16.7. The number of ether oxygens (including phenoxy) is 3. The second-order valence-electron chi connectivity index (χ2n) is 15.5. The highest BCUT2D eigenvalue weighted by molar-refractivity contribution is 6.10. The lowest BCUT2D eigenvalue weighted by molar-refractivity contribution is -0.0821. The van der Waals surface area contributed by atoms with Crippen LogP contribution in [0.1, 0.15) is 97.8 Å². The van der Waals surface area contributed by atoms with Gasteiger partial charge in [0.15, 0.2) is 5.78 Å². The number of ketones is 1. The van der Waals surface area contributed by atoms with Crippen molar-refractivity contribution in [2.45, 2.75) is 89.9 Å². The smallest absolute Gasteiger partial charge is 0.410 e. The molecule has 8 heteroatoms. The predicted octanol–water partition coefficient (Wildman–Crippen LogP) is 9.30. The van der Waals surface area contributed by atoms with E-state index >= 15 is 0 Å². The number of benzene rings is 4. The number of aliphatic hydroxyl groups excluding tert-OH is 1. The van der Waals surface area contributed by atoms with Crippen LogP contribution in [0, 0.1) is 5.41 Å². The molecule has 4 unspecified atom stereocenters. The molecule has 8 nitrogen and oxygen atoms in total. The van der Waals surface area contributed by atoms with Gasteiger partial charge in [-0.3, -0.25) is 4.79 Å². The molecule has 0 heterocycles. The molecule has 290 valence electrons. The van der Waals surface area contributed by atoms with Gasteiger partial charge in [0, 0.05) is 28.2 Å². The Hall–Kier alpha value is -4.92. The van der Waals surface area contributed by atoms with Crippen molar-refractivity contribution in [1.29, 1.82) is 0 Å². The number of hydrogen-bond donors (Lipinski definition) is 2. The van der Waals surface area contributed by atoms with E-state index < -0.39 is 23.2 Å². The minimum absolute atomic E-state index is 0.0330. The molecule has 3 aliphatic rings. The highest BCUT2D eigenvalue weighted by Gasteiger charge is 2.58. The zero-order valence-electron chi connectivity index (χ0n) is 32.8. The predicted molar refractivity (Wildman–Crippen MR) is 216 cm³/mol. The molecule has 0 radical (unpaired) electrons. The zero-order valence-corrected chi connectivity index (χ0v) is 32.8. The van der Waals surface area contributed by atoms with Gasteiger partial charge in [0.2, 0.25) is 0 Å². The molecule has 55 heavy (non-hydrogen) atoms. The normalized spacial score (nSPS) is 22.6. The minimum Gasteiger partial charge on any atom is -0.497 e. The number of carbonyl (C=O) groups is 2. The maximum Gasteiger partial charge on any atom is 0.410 e. The molecule has 4 aromatic rings. The number of amides is 1. The molecule has 0 saturated heterocycles. The number of rotatable bonds is 10. The molecular weight excluding hydrogens is 691 g/mol. The van der Waals surface area contributed by atoms with Gasteiger partial charge in [-0.2, -0.15) is 0 Å². The molecule has 1 fully saturated rings. The third-order valence-electron chi connectivity index (χ3n) is 12.0. The molecule has 0 spiro atoms. The van der Waals surface area contributed by atoms with Crippen LogP contribution in [-0.4, -0.2) is 66.1 Å². The summed E-state index contributed by atoms with van der Waals surface area (Å²) in [6.45, 7) is 6.37. The van der Waals surface area contributed by atoms with E-state index in [0.29, 0.717) is 61.2 Å². The number of methoxy groups -OCH3 is 2. The number of nitrogens with zero attached hydrogens (tertiary/aromatic N) is 1. The van der Waals surface area contributed by atoms with Crippen molar-refractivity contribution < 1.29 is 34.0 Å². The summed E-state index contributed by atoms with van der Waals surface area (Å²) in [5.41, 5.74) is 4.94. The van der Waals surface area contributed by atoms with Crippen LogP contribution >= 0.6 is 0 Å². The van der Waals surface area contributed by atoms with Gasteiger partial charge in [0.05, 0.1) is 45.6 Å². The van der Waals surface area contributed by atoms with E-state index in [0.717, 1.165) is 34.2 Å². The summed E-state index contributed by atoms with van der Waals surface area (Å²) in [6.07, 6.45) is 5.33. The van der Waals surface area contributed by atoms with Gasteiger partial charge in [-0.25, -0.2) is 4.79 Å². The van der Waals surface area contributed by atoms with Gasteiger partial charge in [-0.05, 0) is 105 Å². The van der Waals surface area contributed by atoms with Crippen LogP contribution in [0.3, 0.4) is 0 Å². The van der Waals surface area contributed by atoms with Crippen molar-refractivity contribution >= 4 is 11.9 Å². The average Bonchev–Trinajstić information content (AvgIpc) is 3.45. The van der Waals surface area contributed by atoms with Crippen LogP contribution in [-0.2, 0) is 17.7 Å². The standard InChI is InChI=1S/C47H55NO7/c1-6-55-45(51)48(30-37-20-22-39(53-4)29-43(37)54-5)31-47(52)26-24-42-40-23-15-33(27-38(49)21-14-32(2)11-10-25-46(42,47)3)28-41(40)44(50)36-18-16-35(17-19-36)34-12-8-7-9-13-34/h7-9,11-13,15-20,22-23,28-29,38,42,49,52H,6,10,14,21,24-27,30-31H2,1-5H3. The first kappa shape index (κ1) is 39.8. The van der Waals surface area contributed by atoms with Crippen molar-refractivity contribution in [3.8, 4) is 22.6 Å². The Morgan fingerprint density at radius 1 is 0.891 bits per heavy atom. The monoisotopic (exact) mass is 745 g/mol. The second kappa shape index (κ2) is 17.3. The highest BCUT2D eigenvalue weighted by Crippen LogP contribution is 2.59. The van der Waals surface area contributed by atoms with Crippen LogP contribution in [0.5, 0.6) is 11.5 Å². The number of hydrogen-bond acceptors (Lipinski definition) is 7. The molecule has 1 saturated carbocycles. The summed E-state index contributed by atoms with van der Waals surface area (Å²) in [4.78, 5) is 29.9. The Bertz CT molecular complexity index is 1990. The molecule has 7 rings (SSSR count). The van der Waals surface area contributed by atoms with Crippen LogP contribution in [0.25, 0.3) is 11.1 Å². The largest absolute Gasteiger partial charge is 0.497 e. The number of aliphatic hydroxyl groups is 2. The van der Waals surface area contributed by atoms with Gasteiger partial charge in [0.1, 0.15) is 11.5 Å². The molecule has 4 aromatic carbocycles. The quantitative estimate of drug-likeness (QED) is 0.123. The van der Waals surface area contributed by atoms with Gasteiger partial charge < -0.3 is 29.3 Å². The highest BCUT2D eigenvalue weighted by atomic mass is 16.6. The molecule has 3 aliphatic carbocycles. The van der Waals surface area contributed by atoms with Crippen molar-refractivity contribution in [1.82, 2.24) is 4.90 Å². The van der Waals surface area contributed by atoms with E-state index in [1.165, 1.54) is 5.57 Å². The molecule has 2 N–H and O–H groups in total. The fraction of sp³-hybridized carbons (Fsp3) is 0.404. The SMILES string of the molecule is CCOC(=O)N(Cc1ccc(OC)cc1OC)CC1(O)CCC2c3ccc(cc3C(=O)c3ccc(-c4ccccc4)cc3)CC(O)CCC(C)=CCCC21C. The first-order valence-corrected chi connectivity index (χ1v) is 19.5. The molecule has 0 aliphatic heterocycles. The maximum absolute atomic E-state index is 14.6. The summed E-state index contributed by atoms with van der Waals surface area (Å²) in [5, 5.41) is 24.1. The zero-order chi connectivity index (χ0) is 39.2. The van der Waals surface area contributed by atoms with E-state index in [4.69, 9.17) is 14.2 Å². The van der Waals surface area contributed by atoms with Crippen LogP contribution in [0.15, 0.2) is 103 Å². The van der Waals surface area contributed by atoms with E-state index in [1.54, 1.807) is 32.1 Å². The molecule has 4 atom stereocenters. The average molecular weight is 746 g/mol. The summed E-state index contributed by atoms with van der Waals surface area (Å²) in [6, 6.07) is 29.3. The summed E-state index contributed by atoms with van der Waals surface area (Å²) in [5.74, 6) is 0.913. The lowest BCUT2D eigenvalue weighted by atomic mass is 9.64. The lowest BCUT2D eigenvalue weighted by Gasteiger charge is -2.46. The second-order valence-corrected chi connectivity index (χ2v) is 15.5. The fourth-order valence-corrected chi connectivity index (χ4v) is 8.70. The minimum atomic E-state index is -1.32. The van der Waals surface area contributed by atoms with Crippen LogP contribution in [0.4, 0.5) is 4.79 Å². The molecular formula is C47H55NO7. The number of carbonyl (C=O) groups excluding carboxylic acids is 2. The van der Waals surface area contributed by atoms with Crippen LogP contribution < -0.4 is 9.47 Å². The summed E-state index contributed by atoms with van der Waals surface area (Å²) >= 11 is 0. The van der Waals surface area contributed by atoms with Crippen LogP contribution in [0.2, 0.25) is 0 Å². The molecule has 0 aromatic heterocycles. The third-order valence-corrected chi connectivity index (χ3v) is 12.0. The Morgan fingerprint density at radius 3 is 2.35 bits per heavy atom. The Kier molecular flexibility index (Phi) is 12.5. The van der Waals surface area contributed by atoms with E-state index in [-0.39, 0.29) is 31.4 Å². The lowest BCUT2D eigenvalue weighted by Crippen LogP contribution is -2.53. The number of fused-ring (bicyclic) bond motifs is 8. The Balaban J connectivity index is 1.41. The fourth-order valence-electron chi connectivity index (χ4n) is 8.70. The first-order valence-electron chi connectivity index (χ1n) is 19.5. The van der Waals surface area contributed by atoms with E-state index in [9.17, 15) is 19.8 Å². The molecule has 2 bridgehead atoms. The molecule has 1 amide bonds. The maximum atomic E-state index is 14.6.